The lowest BCUT2D eigenvalue weighted by atomic mass is 9.96. The van der Waals surface area contributed by atoms with Crippen LogP contribution in [0.25, 0.3) is 114 Å². The van der Waals surface area contributed by atoms with Gasteiger partial charge in [0.25, 0.3) is 0 Å². The second-order valence-corrected chi connectivity index (χ2v) is 15.4. The number of aromatic nitrogens is 4. The van der Waals surface area contributed by atoms with Gasteiger partial charge in [0, 0.05) is 48.3 Å². The lowest BCUT2D eigenvalue weighted by Crippen LogP contribution is -2.03. The smallest absolute Gasteiger partial charge is 0.165 e. The molecule has 0 saturated heterocycles. The summed E-state index contributed by atoms with van der Waals surface area (Å²) >= 11 is 1.84. The zero-order valence-corrected chi connectivity index (χ0v) is 30.8. The van der Waals surface area contributed by atoms with Crippen molar-refractivity contribution in [2.45, 2.75) is 0 Å². The molecule has 0 unspecified atom stereocenters. The van der Waals surface area contributed by atoms with Gasteiger partial charge in [-0.25, -0.2) is 15.0 Å². The highest BCUT2D eigenvalue weighted by atomic mass is 32.1. The van der Waals surface area contributed by atoms with E-state index in [0.717, 1.165) is 43.6 Å². The van der Waals surface area contributed by atoms with Crippen LogP contribution in [0.15, 0.2) is 182 Å². The molecule has 0 aliphatic carbocycles. The third-order valence-corrected chi connectivity index (χ3v) is 12.4. The van der Waals surface area contributed by atoms with E-state index < -0.39 is 0 Å². The van der Waals surface area contributed by atoms with E-state index in [9.17, 15) is 0 Å². The Bertz CT molecular complexity index is 3540. The topological polar surface area (TPSA) is 43.6 Å². The largest absolute Gasteiger partial charge is 0.307 e. The minimum Gasteiger partial charge on any atom is -0.307 e. The summed E-state index contributed by atoms with van der Waals surface area (Å²) in [5, 5.41) is 11.8. The summed E-state index contributed by atoms with van der Waals surface area (Å²) in [5.41, 5.74) is 6.49. The van der Waals surface area contributed by atoms with Gasteiger partial charge in [0.15, 0.2) is 17.5 Å². The van der Waals surface area contributed by atoms with Gasteiger partial charge in [-0.15, -0.1) is 11.3 Å². The molecule has 0 aliphatic rings. The third kappa shape index (κ3) is 4.62. The number of hydrogen-bond acceptors (Lipinski definition) is 4. The van der Waals surface area contributed by atoms with E-state index in [2.05, 4.69) is 168 Å². The normalized spacial score (nSPS) is 11.9. The maximum Gasteiger partial charge on any atom is 0.165 e. The predicted molar refractivity (Wildman–Crippen MR) is 236 cm³/mol. The highest BCUT2D eigenvalue weighted by molar-refractivity contribution is 7.26. The fraction of sp³-hybridized carbons (Fsp3) is 0. The SMILES string of the molecule is c1ccc(-c2nc(-c3cccc4ccccc34)nc(-c3c4ccccc4c(-n4c5ccccc5c5cc6ccccc6cc54)c4sc5ccccc5c34)n2)cc1. The number of para-hydroxylation sites is 1. The molecule has 12 rings (SSSR count). The number of nitrogens with zero attached hydrogens (tertiary/aromatic N) is 4. The first-order valence-electron chi connectivity index (χ1n) is 18.9. The molecule has 0 bridgehead atoms. The maximum absolute atomic E-state index is 5.44. The van der Waals surface area contributed by atoms with Crippen LogP contribution in [-0.4, -0.2) is 19.5 Å². The molecule has 9 aromatic carbocycles. The average molecular weight is 731 g/mol. The fourth-order valence-electron chi connectivity index (χ4n) is 8.72. The zero-order chi connectivity index (χ0) is 36.7. The van der Waals surface area contributed by atoms with Crippen LogP contribution in [0.1, 0.15) is 0 Å². The molecule has 3 heterocycles. The van der Waals surface area contributed by atoms with E-state index in [4.69, 9.17) is 15.0 Å². The summed E-state index contributed by atoms with van der Waals surface area (Å²) in [6.45, 7) is 0. The maximum atomic E-state index is 5.44. The molecule has 56 heavy (non-hydrogen) atoms. The summed E-state index contributed by atoms with van der Waals surface area (Å²) in [6.07, 6.45) is 0. The molecule has 0 fully saturated rings. The lowest BCUT2D eigenvalue weighted by molar-refractivity contribution is 1.08. The van der Waals surface area contributed by atoms with E-state index >= 15 is 0 Å². The molecule has 0 spiro atoms. The van der Waals surface area contributed by atoms with Crippen molar-refractivity contribution in [1.82, 2.24) is 19.5 Å². The van der Waals surface area contributed by atoms with Crippen molar-refractivity contribution in [3.63, 3.8) is 0 Å². The van der Waals surface area contributed by atoms with Crippen molar-refractivity contribution < 1.29 is 0 Å². The van der Waals surface area contributed by atoms with Gasteiger partial charge in [-0.3, -0.25) is 0 Å². The molecule has 3 aromatic heterocycles. The first kappa shape index (κ1) is 31.2. The van der Waals surface area contributed by atoms with Crippen molar-refractivity contribution in [3.05, 3.63) is 182 Å². The molecule has 260 valence electrons. The van der Waals surface area contributed by atoms with Gasteiger partial charge >= 0.3 is 0 Å². The number of thiophene rings is 1. The van der Waals surface area contributed by atoms with Gasteiger partial charge in [-0.05, 0) is 51.2 Å². The van der Waals surface area contributed by atoms with Crippen molar-refractivity contribution >= 4 is 85.6 Å². The number of hydrogen-bond donors (Lipinski definition) is 0. The summed E-state index contributed by atoms with van der Waals surface area (Å²) in [7, 11) is 0. The highest BCUT2D eigenvalue weighted by Crippen LogP contribution is 2.49. The molecule has 0 atom stereocenters. The third-order valence-electron chi connectivity index (χ3n) is 11.2. The first-order valence-corrected chi connectivity index (χ1v) is 19.7. The van der Waals surface area contributed by atoms with E-state index in [1.165, 1.54) is 53.1 Å². The van der Waals surface area contributed by atoms with Crippen molar-refractivity contribution in [1.29, 1.82) is 0 Å². The highest BCUT2D eigenvalue weighted by Gasteiger charge is 2.26. The van der Waals surface area contributed by atoms with Gasteiger partial charge in [-0.2, -0.15) is 0 Å². The molecule has 12 aromatic rings. The van der Waals surface area contributed by atoms with Crippen LogP contribution in [0.4, 0.5) is 0 Å². The Hall–Kier alpha value is -7.21. The minimum absolute atomic E-state index is 0.647. The quantitative estimate of drug-likeness (QED) is 0.181. The van der Waals surface area contributed by atoms with Crippen LogP contribution in [-0.2, 0) is 0 Å². The van der Waals surface area contributed by atoms with Crippen LogP contribution in [0.3, 0.4) is 0 Å². The summed E-state index contributed by atoms with van der Waals surface area (Å²) in [5.74, 6) is 1.96. The van der Waals surface area contributed by atoms with Crippen LogP contribution in [0.5, 0.6) is 0 Å². The van der Waals surface area contributed by atoms with Crippen LogP contribution in [0.2, 0.25) is 0 Å². The van der Waals surface area contributed by atoms with E-state index in [1.54, 1.807) is 0 Å². The Morgan fingerprint density at radius 1 is 0.393 bits per heavy atom. The fourth-order valence-corrected chi connectivity index (χ4v) is 9.98. The lowest BCUT2D eigenvalue weighted by Gasteiger charge is -2.18. The van der Waals surface area contributed by atoms with Crippen molar-refractivity contribution in [2.75, 3.05) is 0 Å². The molecule has 0 amide bonds. The molecule has 0 aliphatic heterocycles. The Labute approximate surface area is 325 Å². The first-order chi connectivity index (χ1) is 27.8. The molecular weight excluding hydrogens is 701 g/mol. The van der Waals surface area contributed by atoms with Crippen molar-refractivity contribution in [2.24, 2.45) is 0 Å². The number of fused-ring (bicyclic) bond motifs is 9. The molecular formula is C51H30N4S. The summed E-state index contributed by atoms with van der Waals surface area (Å²) in [4.78, 5) is 16.0. The Morgan fingerprint density at radius 2 is 1.00 bits per heavy atom. The zero-order valence-electron chi connectivity index (χ0n) is 30.0. The van der Waals surface area contributed by atoms with E-state index in [-0.39, 0.29) is 0 Å². The predicted octanol–water partition coefficient (Wildman–Crippen LogP) is 13.8. The van der Waals surface area contributed by atoms with Crippen LogP contribution in [0, 0.1) is 0 Å². The standard InChI is InChI=1S/C51H30N4S/c1-2-16-32(17-3-1)49-52-50(39-26-14-20-31-15-6-7-21-35(31)39)54-51(53-49)46-37-23-8-9-24-38(37)47(48-45(46)40-25-11-13-28-44(40)56-48)55-42-27-12-10-22-36(42)41-29-33-18-4-5-19-34(33)30-43(41)55/h1-30H. The molecule has 5 heteroatoms. The van der Waals surface area contributed by atoms with Gasteiger partial charge in [-0.1, -0.05) is 158 Å². The van der Waals surface area contributed by atoms with Gasteiger partial charge in [0.1, 0.15) is 0 Å². The second-order valence-electron chi connectivity index (χ2n) is 14.3. The van der Waals surface area contributed by atoms with Gasteiger partial charge in [0.2, 0.25) is 0 Å². The molecule has 0 saturated carbocycles. The van der Waals surface area contributed by atoms with Crippen molar-refractivity contribution in [3.8, 4) is 39.9 Å². The van der Waals surface area contributed by atoms with Gasteiger partial charge in [0.05, 0.1) is 21.4 Å². The number of benzene rings is 9. The molecule has 0 radical (unpaired) electrons. The Kier molecular flexibility index (Phi) is 6.76. The summed E-state index contributed by atoms with van der Waals surface area (Å²) < 4.78 is 4.92. The van der Waals surface area contributed by atoms with Crippen LogP contribution < -0.4 is 0 Å². The molecule has 0 N–H and O–H groups in total. The van der Waals surface area contributed by atoms with E-state index in [0.29, 0.717) is 17.5 Å². The number of rotatable bonds is 4. The van der Waals surface area contributed by atoms with Gasteiger partial charge < -0.3 is 4.57 Å². The van der Waals surface area contributed by atoms with Crippen LogP contribution >= 0.6 is 11.3 Å². The Balaban J connectivity index is 1.25. The second kappa shape index (κ2) is 12.2. The summed E-state index contributed by atoms with van der Waals surface area (Å²) in [6, 6.07) is 64.9. The van der Waals surface area contributed by atoms with E-state index in [1.807, 2.05) is 29.5 Å². The minimum atomic E-state index is 0.647. The molecule has 4 nitrogen and oxygen atoms in total. The average Bonchev–Trinajstić information content (AvgIpc) is 3.80. The Morgan fingerprint density at radius 3 is 1.84 bits per heavy atom. The monoisotopic (exact) mass is 730 g/mol.